The van der Waals surface area contributed by atoms with Gasteiger partial charge < -0.3 is 4.74 Å². The highest BCUT2D eigenvalue weighted by Gasteiger charge is 2.12. The van der Waals surface area contributed by atoms with Gasteiger partial charge in [-0.1, -0.05) is 5.92 Å². The summed E-state index contributed by atoms with van der Waals surface area (Å²) in [5, 5.41) is -0.708. The van der Waals surface area contributed by atoms with Gasteiger partial charge in [0.25, 0.3) is 5.24 Å². The van der Waals surface area contributed by atoms with Crippen LogP contribution in [-0.4, -0.2) is 11.8 Å². The van der Waals surface area contributed by atoms with Crippen molar-refractivity contribution in [2.75, 3.05) is 6.61 Å². The highest BCUT2D eigenvalue weighted by molar-refractivity contribution is 6.67. The van der Waals surface area contributed by atoms with Gasteiger partial charge in [0.15, 0.2) is 11.6 Å². The SMILES string of the molecule is C#CCOc1c(C)cc(C(=O)Cl)cc1F. The van der Waals surface area contributed by atoms with Crippen molar-refractivity contribution >= 4 is 16.8 Å². The number of rotatable bonds is 3. The molecule has 0 unspecified atom stereocenters. The number of hydrogen-bond donors (Lipinski definition) is 0. The van der Waals surface area contributed by atoms with Crippen LogP contribution in [0.3, 0.4) is 0 Å². The van der Waals surface area contributed by atoms with E-state index in [1.807, 2.05) is 0 Å². The third-order valence-corrected chi connectivity index (χ3v) is 1.97. The van der Waals surface area contributed by atoms with Gasteiger partial charge in [0.1, 0.15) is 6.61 Å². The maximum atomic E-state index is 13.4. The van der Waals surface area contributed by atoms with Crippen LogP contribution < -0.4 is 4.74 Å². The molecule has 4 heteroatoms. The topological polar surface area (TPSA) is 26.3 Å². The summed E-state index contributed by atoms with van der Waals surface area (Å²) in [6, 6.07) is 2.47. The molecule has 0 radical (unpaired) electrons. The zero-order valence-corrected chi connectivity index (χ0v) is 8.77. The van der Waals surface area contributed by atoms with Crippen LogP contribution in [0.15, 0.2) is 12.1 Å². The van der Waals surface area contributed by atoms with E-state index in [0.717, 1.165) is 6.07 Å². The number of carbonyl (C=O) groups is 1. The van der Waals surface area contributed by atoms with E-state index in [9.17, 15) is 9.18 Å². The maximum Gasteiger partial charge on any atom is 0.252 e. The van der Waals surface area contributed by atoms with E-state index >= 15 is 0 Å². The molecule has 78 valence electrons. The lowest BCUT2D eigenvalue weighted by atomic mass is 10.1. The number of hydrogen-bond acceptors (Lipinski definition) is 2. The van der Waals surface area contributed by atoms with E-state index in [0.29, 0.717) is 5.56 Å². The van der Waals surface area contributed by atoms with Crippen LogP contribution in [0, 0.1) is 25.1 Å². The molecule has 1 rings (SSSR count). The Morgan fingerprint density at radius 3 is 2.80 bits per heavy atom. The van der Waals surface area contributed by atoms with Gasteiger partial charge in [-0.15, -0.1) is 6.42 Å². The monoisotopic (exact) mass is 226 g/mol. The number of terminal acetylenes is 1. The first kappa shape index (κ1) is 11.5. The number of carbonyl (C=O) groups excluding carboxylic acids is 1. The molecular weight excluding hydrogens is 219 g/mol. The molecule has 0 aliphatic heterocycles. The van der Waals surface area contributed by atoms with Gasteiger partial charge in [-0.25, -0.2) is 4.39 Å². The lowest BCUT2D eigenvalue weighted by Crippen LogP contribution is -2.01. The second-order valence-electron chi connectivity index (χ2n) is 2.87. The van der Waals surface area contributed by atoms with Crippen LogP contribution in [0.2, 0.25) is 0 Å². The molecule has 0 N–H and O–H groups in total. The first-order valence-electron chi connectivity index (χ1n) is 4.12. The molecule has 0 spiro atoms. The minimum Gasteiger partial charge on any atom is -0.478 e. The van der Waals surface area contributed by atoms with Crippen LogP contribution in [0.5, 0.6) is 5.75 Å². The average Bonchev–Trinajstić information content (AvgIpc) is 2.16. The van der Waals surface area contributed by atoms with E-state index < -0.39 is 11.1 Å². The standard InChI is InChI=1S/C11H8ClFO2/c1-3-4-15-10-7(2)5-8(11(12)14)6-9(10)13/h1,5-6H,4H2,2H3. The van der Waals surface area contributed by atoms with Crippen molar-refractivity contribution in [1.82, 2.24) is 0 Å². The summed E-state index contributed by atoms with van der Waals surface area (Å²) in [4.78, 5) is 10.8. The Morgan fingerprint density at radius 1 is 1.67 bits per heavy atom. The van der Waals surface area contributed by atoms with Crippen LogP contribution in [0.1, 0.15) is 15.9 Å². The van der Waals surface area contributed by atoms with Crippen LogP contribution in [-0.2, 0) is 0 Å². The summed E-state index contributed by atoms with van der Waals surface area (Å²) < 4.78 is 18.4. The Kier molecular flexibility index (Phi) is 3.70. The number of halogens is 2. The Labute approximate surface area is 92.0 Å². The molecule has 15 heavy (non-hydrogen) atoms. The van der Waals surface area contributed by atoms with Crippen molar-refractivity contribution in [2.24, 2.45) is 0 Å². The zero-order chi connectivity index (χ0) is 11.4. The predicted octanol–water partition coefficient (Wildman–Crippen LogP) is 2.53. The molecule has 0 fully saturated rings. The summed E-state index contributed by atoms with van der Waals surface area (Å²) in [7, 11) is 0. The van der Waals surface area contributed by atoms with E-state index in [1.54, 1.807) is 6.92 Å². The molecule has 2 nitrogen and oxygen atoms in total. The smallest absolute Gasteiger partial charge is 0.252 e. The molecule has 0 atom stereocenters. The fourth-order valence-corrected chi connectivity index (χ4v) is 1.25. The van der Waals surface area contributed by atoms with E-state index in [1.165, 1.54) is 6.07 Å². The minimum absolute atomic E-state index is 0.0219. The Balaban J connectivity index is 3.11. The molecule has 0 aromatic heterocycles. The number of benzene rings is 1. The van der Waals surface area contributed by atoms with Crippen LogP contribution >= 0.6 is 11.6 Å². The third-order valence-electron chi connectivity index (χ3n) is 1.76. The fourth-order valence-electron chi connectivity index (χ4n) is 1.14. The van der Waals surface area contributed by atoms with Crippen molar-refractivity contribution in [3.05, 3.63) is 29.1 Å². The first-order chi connectivity index (χ1) is 7.06. The normalized spacial score (nSPS) is 9.47. The van der Waals surface area contributed by atoms with Crippen LogP contribution in [0.25, 0.3) is 0 Å². The lowest BCUT2D eigenvalue weighted by Gasteiger charge is -2.08. The molecule has 0 amide bonds. The Hall–Kier alpha value is -1.53. The summed E-state index contributed by atoms with van der Waals surface area (Å²) in [5.74, 6) is 1.63. The molecule has 0 aliphatic rings. The second kappa shape index (κ2) is 4.81. The first-order valence-corrected chi connectivity index (χ1v) is 4.50. The van der Waals surface area contributed by atoms with Crippen molar-refractivity contribution < 1.29 is 13.9 Å². The largest absolute Gasteiger partial charge is 0.478 e. The third kappa shape index (κ3) is 2.71. The molecule has 0 aliphatic carbocycles. The number of ether oxygens (including phenoxy) is 1. The second-order valence-corrected chi connectivity index (χ2v) is 3.21. The fraction of sp³-hybridized carbons (Fsp3) is 0.182. The van der Waals surface area contributed by atoms with E-state index in [2.05, 4.69) is 5.92 Å². The number of aryl methyl sites for hydroxylation is 1. The molecular formula is C11H8ClFO2. The highest BCUT2D eigenvalue weighted by atomic mass is 35.5. The van der Waals surface area contributed by atoms with Gasteiger partial charge in [-0.3, -0.25) is 4.79 Å². The molecule has 1 aromatic rings. The molecule has 0 saturated heterocycles. The summed E-state index contributed by atoms with van der Waals surface area (Å²) in [5.41, 5.74) is 0.578. The summed E-state index contributed by atoms with van der Waals surface area (Å²) in [6.07, 6.45) is 4.98. The summed E-state index contributed by atoms with van der Waals surface area (Å²) in [6.45, 7) is 1.59. The van der Waals surface area contributed by atoms with Crippen molar-refractivity contribution in [2.45, 2.75) is 6.92 Å². The van der Waals surface area contributed by atoms with Gasteiger partial charge in [0, 0.05) is 5.56 Å². The van der Waals surface area contributed by atoms with E-state index in [-0.39, 0.29) is 17.9 Å². The van der Waals surface area contributed by atoms with Crippen LogP contribution in [0.4, 0.5) is 4.39 Å². The molecule has 1 aromatic carbocycles. The van der Waals surface area contributed by atoms with Gasteiger partial charge in [0.2, 0.25) is 0 Å². The predicted molar refractivity (Wildman–Crippen MR) is 55.6 cm³/mol. The van der Waals surface area contributed by atoms with Gasteiger partial charge in [-0.05, 0) is 36.2 Å². The average molecular weight is 227 g/mol. The lowest BCUT2D eigenvalue weighted by molar-refractivity contribution is 0.108. The van der Waals surface area contributed by atoms with E-state index in [4.69, 9.17) is 22.8 Å². The zero-order valence-electron chi connectivity index (χ0n) is 8.01. The highest BCUT2D eigenvalue weighted by Crippen LogP contribution is 2.24. The summed E-state index contributed by atoms with van der Waals surface area (Å²) >= 11 is 5.23. The minimum atomic E-state index is -0.708. The van der Waals surface area contributed by atoms with Gasteiger partial charge >= 0.3 is 0 Å². The Bertz CT molecular complexity index is 412. The Morgan fingerprint density at radius 2 is 2.33 bits per heavy atom. The van der Waals surface area contributed by atoms with Crippen molar-refractivity contribution in [3.63, 3.8) is 0 Å². The van der Waals surface area contributed by atoms with Crippen molar-refractivity contribution in [1.29, 1.82) is 0 Å². The quantitative estimate of drug-likeness (QED) is 0.585. The van der Waals surface area contributed by atoms with Gasteiger partial charge in [0.05, 0.1) is 0 Å². The van der Waals surface area contributed by atoms with Crippen molar-refractivity contribution in [3.8, 4) is 18.1 Å². The molecule has 0 bridgehead atoms. The molecule has 0 heterocycles. The van der Waals surface area contributed by atoms with Gasteiger partial charge in [-0.2, -0.15) is 0 Å². The maximum absolute atomic E-state index is 13.4. The molecule has 0 saturated carbocycles.